The Hall–Kier alpha value is -0.941. The summed E-state index contributed by atoms with van der Waals surface area (Å²) in [6, 6.07) is 4.06. The fourth-order valence-electron chi connectivity index (χ4n) is 1.98. The number of rotatable bonds is 3. The van der Waals surface area contributed by atoms with Crippen LogP contribution < -0.4 is 5.73 Å². The Bertz CT molecular complexity index is 389. The molecule has 0 bridgehead atoms. The van der Waals surface area contributed by atoms with Crippen molar-refractivity contribution in [3.63, 3.8) is 0 Å². The van der Waals surface area contributed by atoms with Crippen LogP contribution in [-0.4, -0.2) is 56.6 Å². The molecule has 1 saturated heterocycles. The van der Waals surface area contributed by atoms with E-state index in [-0.39, 0.29) is 0 Å². The summed E-state index contributed by atoms with van der Waals surface area (Å²) < 4.78 is 0. The number of nitrogens with two attached hydrogens (primary N) is 1. The minimum absolute atomic E-state index is 0.370. The molecule has 5 nitrogen and oxygen atoms in total. The third-order valence-electron chi connectivity index (χ3n) is 3.09. The van der Waals surface area contributed by atoms with E-state index in [0.29, 0.717) is 11.4 Å². The first-order chi connectivity index (χ1) is 9.06. The number of carbonyl (C=O) groups is 1. The zero-order valence-corrected chi connectivity index (χ0v) is 12.7. The summed E-state index contributed by atoms with van der Waals surface area (Å²) in [7, 11) is 2.19. The summed E-state index contributed by atoms with van der Waals surface area (Å²) in [4.78, 5) is 16.3. The van der Waals surface area contributed by atoms with Gasteiger partial charge in [0.2, 0.25) is 0 Å². The maximum atomic E-state index is 9.79. The van der Waals surface area contributed by atoms with E-state index in [2.05, 4.69) is 39.0 Å². The van der Waals surface area contributed by atoms with Crippen molar-refractivity contribution >= 4 is 22.0 Å². The molecule has 1 aromatic heterocycles. The third-order valence-corrected chi connectivity index (χ3v) is 3.84. The van der Waals surface area contributed by atoms with Gasteiger partial charge in [-0.05, 0) is 38.1 Å². The van der Waals surface area contributed by atoms with Crippen molar-refractivity contribution in [2.45, 2.75) is 30.2 Å². The molecule has 1 aromatic rings. The van der Waals surface area contributed by atoms with E-state index >= 15 is 0 Å². The molecule has 0 spiro atoms. The van der Waals surface area contributed by atoms with E-state index < -0.39 is 12.0 Å². The topological polar surface area (TPSA) is 79.5 Å². The molecule has 19 heavy (non-hydrogen) atoms. The van der Waals surface area contributed by atoms with Crippen LogP contribution in [0.5, 0.6) is 0 Å². The van der Waals surface area contributed by atoms with Crippen LogP contribution in [-0.2, 0) is 4.79 Å². The Morgan fingerprint density at radius 2 is 2.47 bits per heavy atom. The predicted molar refractivity (Wildman–Crippen MR) is 75.0 cm³/mol. The summed E-state index contributed by atoms with van der Waals surface area (Å²) >= 11 is 2.52. The molecule has 0 aromatic carbocycles. The van der Waals surface area contributed by atoms with Crippen LogP contribution >= 0.6 is 0 Å². The average Bonchev–Trinajstić information content (AvgIpc) is 2.85. The normalized spacial score (nSPS) is 20.5. The number of aliphatic carboxylic acids is 1. The standard InChI is InChI=1S/C10H14N2.C3H6NO2Se/c1-12-7-3-5-10(12)9-4-2-6-11-8-9;4-2(1-7)3(5)6/h2,4,6,8,10H,3,5,7H2,1H3;2H,1,4H2,(H,5,6). The van der Waals surface area contributed by atoms with Crippen LogP contribution in [0.1, 0.15) is 24.4 Å². The van der Waals surface area contributed by atoms with Crippen LogP contribution in [0.3, 0.4) is 0 Å². The second-order valence-corrected chi connectivity index (χ2v) is 5.24. The van der Waals surface area contributed by atoms with E-state index in [1.165, 1.54) is 24.9 Å². The summed E-state index contributed by atoms with van der Waals surface area (Å²) in [5, 5.41) is 8.41. The zero-order valence-electron chi connectivity index (χ0n) is 11.0. The van der Waals surface area contributed by atoms with Crippen molar-refractivity contribution in [1.82, 2.24) is 9.88 Å². The molecule has 105 valence electrons. The second-order valence-electron chi connectivity index (χ2n) is 4.54. The van der Waals surface area contributed by atoms with Gasteiger partial charge < -0.3 is 0 Å². The summed E-state index contributed by atoms with van der Waals surface area (Å²) in [5.41, 5.74) is 6.34. The first-order valence-electron chi connectivity index (χ1n) is 6.23. The second kappa shape index (κ2) is 8.27. The van der Waals surface area contributed by atoms with Crippen molar-refractivity contribution in [3.05, 3.63) is 30.1 Å². The van der Waals surface area contributed by atoms with Gasteiger partial charge in [0, 0.05) is 18.4 Å². The summed E-state index contributed by atoms with van der Waals surface area (Å²) in [6.45, 7) is 1.22. The van der Waals surface area contributed by atoms with Crippen molar-refractivity contribution in [1.29, 1.82) is 0 Å². The van der Waals surface area contributed by atoms with Gasteiger partial charge in [0.1, 0.15) is 0 Å². The molecule has 0 saturated carbocycles. The number of carboxylic acid groups (broad SMARTS) is 1. The van der Waals surface area contributed by atoms with E-state index in [4.69, 9.17) is 10.8 Å². The molecule has 0 aliphatic carbocycles. The fraction of sp³-hybridized carbons (Fsp3) is 0.538. The van der Waals surface area contributed by atoms with Crippen LogP contribution in [0.2, 0.25) is 5.32 Å². The van der Waals surface area contributed by atoms with Gasteiger partial charge in [-0.3, -0.25) is 9.88 Å². The van der Waals surface area contributed by atoms with Crippen LogP contribution in [0.25, 0.3) is 0 Å². The number of likely N-dealkylation sites (tertiary alicyclic amines) is 1. The van der Waals surface area contributed by atoms with Crippen molar-refractivity contribution in [3.8, 4) is 0 Å². The zero-order chi connectivity index (χ0) is 14.3. The minimum atomic E-state index is -0.959. The molecule has 1 radical (unpaired) electrons. The molecular formula is C13H20N3O2Se. The van der Waals surface area contributed by atoms with Gasteiger partial charge in [0.05, 0.1) is 0 Å². The van der Waals surface area contributed by atoms with Crippen molar-refractivity contribution < 1.29 is 9.90 Å². The van der Waals surface area contributed by atoms with Crippen LogP contribution in [0.4, 0.5) is 0 Å². The van der Waals surface area contributed by atoms with Gasteiger partial charge in [-0.1, -0.05) is 6.07 Å². The monoisotopic (exact) mass is 330 g/mol. The number of carboxylic acids is 1. The van der Waals surface area contributed by atoms with E-state index in [0.717, 1.165) is 0 Å². The van der Waals surface area contributed by atoms with Crippen molar-refractivity contribution in [2.75, 3.05) is 13.6 Å². The molecule has 0 amide bonds. The molecule has 3 N–H and O–H groups in total. The van der Waals surface area contributed by atoms with E-state index in [9.17, 15) is 4.79 Å². The van der Waals surface area contributed by atoms with Gasteiger partial charge in [0.15, 0.2) is 0 Å². The Morgan fingerprint density at radius 3 is 2.84 bits per heavy atom. The number of pyridine rings is 1. The van der Waals surface area contributed by atoms with Crippen LogP contribution in [0.15, 0.2) is 24.5 Å². The molecule has 2 rings (SSSR count). The van der Waals surface area contributed by atoms with Gasteiger partial charge in [-0.15, -0.1) is 0 Å². The molecule has 2 atom stereocenters. The van der Waals surface area contributed by atoms with Gasteiger partial charge >= 0.3 is 49.0 Å². The van der Waals surface area contributed by atoms with Gasteiger partial charge in [0.25, 0.3) is 0 Å². The Labute approximate surface area is 122 Å². The van der Waals surface area contributed by atoms with Gasteiger partial charge in [-0.25, -0.2) is 0 Å². The number of nitrogens with zero attached hydrogens (tertiary/aromatic N) is 2. The van der Waals surface area contributed by atoms with Gasteiger partial charge in [-0.2, -0.15) is 0 Å². The molecule has 2 unspecified atom stereocenters. The van der Waals surface area contributed by atoms with E-state index in [1.807, 2.05) is 18.5 Å². The SMILES string of the molecule is CN1CCCC1c1cccnc1.NC(C[Se])C(=O)O. The molecular weight excluding hydrogens is 309 g/mol. The molecule has 2 heterocycles. The molecule has 1 aliphatic heterocycles. The molecule has 6 heteroatoms. The van der Waals surface area contributed by atoms with Crippen LogP contribution in [0, 0.1) is 0 Å². The first kappa shape index (κ1) is 16.1. The number of hydrogen-bond acceptors (Lipinski definition) is 4. The molecule has 1 aliphatic rings. The number of aromatic nitrogens is 1. The Balaban J connectivity index is 0.000000224. The van der Waals surface area contributed by atoms with Crippen molar-refractivity contribution in [2.24, 2.45) is 5.73 Å². The molecule has 1 fully saturated rings. The summed E-state index contributed by atoms with van der Waals surface area (Å²) in [6.07, 6.45) is 6.41. The Kier molecular flexibility index (Phi) is 7.02. The third kappa shape index (κ3) is 5.28. The maximum absolute atomic E-state index is 9.79. The summed E-state index contributed by atoms with van der Waals surface area (Å²) in [5.74, 6) is -0.959. The van der Waals surface area contributed by atoms with E-state index in [1.54, 1.807) is 0 Å². The first-order valence-corrected chi connectivity index (χ1v) is 7.44. The Morgan fingerprint density at radius 1 is 1.74 bits per heavy atom. The fourth-order valence-corrected chi connectivity index (χ4v) is 2.27. The average molecular weight is 329 g/mol. The number of hydrogen-bond donors (Lipinski definition) is 2. The predicted octanol–water partition coefficient (Wildman–Crippen LogP) is 0.833. The quantitative estimate of drug-likeness (QED) is 0.803.